The molecule has 32 heavy (non-hydrogen) atoms. The predicted octanol–water partition coefficient (Wildman–Crippen LogP) is 3.67. The molecule has 0 saturated carbocycles. The minimum Gasteiger partial charge on any atom is -0.383 e. The number of carbonyl (C=O) groups excluding carboxylic acids is 2. The molecule has 2 aliphatic heterocycles. The van der Waals surface area contributed by atoms with E-state index in [2.05, 4.69) is 17.1 Å². The topological polar surface area (TPSA) is 61.9 Å². The quantitative estimate of drug-likeness (QED) is 0.660. The van der Waals surface area contributed by atoms with Crippen LogP contribution in [0.25, 0.3) is 0 Å². The van der Waals surface area contributed by atoms with Gasteiger partial charge in [0.05, 0.1) is 18.6 Å². The van der Waals surface area contributed by atoms with Crippen LogP contribution in [0.2, 0.25) is 0 Å². The Morgan fingerprint density at radius 1 is 1.19 bits per heavy atom. The second-order valence-electron chi connectivity index (χ2n) is 8.69. The molecule has 1 saturated heterocycles. The Morgan fingerprint density at radius 3 is 2.78 bits per heavy atom. The minimum absolute atomic E-state index is 0.0181. The van der Waals surface area contributed by atoms with Crippen molar-refractivity contribution in [2.24, 2.45) is 0 Å². The molecule has 4 rings (SSSR count). The highest BCUT2D eigenvalue weighted by Crippen LogP contribution is 2.44. The molecule has 0 bridgehead atoms. The standard InChI is InChI=1S/C25H33N3O3S/c1-18-8-5-6-13-27(18)14-12-26-24(29)22-19-9-3-4-10-20(19)25(30)28(15-16-31-2)23(22)21-11-7-17-32-21/h3-4,7,9-11,17-18,22-23H,5-6,8,12-16H2,1-2H3,(H,26,29)/t18-,22+,23-/m1/s1. The molecular weight excluding hydrogens is 422 g/mol. The van der Waals surface area contributed by atoms with E-state index < -0.39 is 5.92 Å². The van der Waals surface area contributed by atoms with E-state index in [0.717, 1.165) is 23.5 Å². The van der Waals surface area contributed by atoms with E-state index in [1.54, 1.807) is 18.4 Å². The number of methoxy groups -OCH3 is 1. The first-order chi connectivity index (χ1) is 15.6. The Kier molecular flexibility index (Phi) is 7.60. The van der Waals surface area contributed by atoms with Crippen molar-refractivity contribution in [1.29, 1.82) is 0 Å². The maximum absolute atomic E-state index is 13.6. The average Bonchev–Trinajstić information content (AvgIpc) is 3.34. The van der Waals surface area contributed by atoms with Gasteiger partial charge in [-0.3, -0.25) is 14.5 Å². The number of rotatable bonds is 8. The lowest BCUT2D eigenvalue weighted by molar-refractivity contribution is -0.124. The number of amides is 2. The smallest absolute Gasteiger partial charge is 0.254 e. The van der Waals surface area contributed by atoms with Gasteiger partial charge in [0.15, 0.2) is 0 Å². The number of thiophene rings is 1. The summed E-state index contributed by atoms with van der Waals surface area (Å²) in [5, 5.41) is 5.20. The lowest BCUT2D eigenvalue weighted by atomic mass is 9.81. The summed E-state index contributed by atoms with van der Waals surface area (Å²) < 4.78 is 5.29. The molecule has 2 aromatic rings. The van der Waals surface area contributed by atoms with E-state index in [0.29, 0.717) is 31.3 Å². The van der Waals surface area contributed by atoms with Gasteiger partial charge >= 0.3 is 0 Å². The summed E-state index contributed by atoms with van der Waals surface area (Å²) in [5.41, 5.74) is 1.43. The second kappa shape index (κ2) is 10.6. The van der Waals surface area contributed by atoms with E-state index in [1.807, 2.05) is 46.7 Å². The molecule has 0 unspecified atom stereocenters. The Morgan fingerprint density at radius 2 is 2.03 bits per heavy atom. The van der Waals surface area contributed by atoms with Crippen LogP contribution in [0.3, 0.4) is 0 Å². The molecule has 1 aromatic heterocycles. The number of nitrogens with one attached hydrogen (secondary N) is 1. The van der Waals surface area contributed by atoms with E-state index >= 15 is 0 Å². The minimum atomic E-state index is -0.446. The van der Waals surface area contributed by atoms with Gasteiger partial charge in [0, 0.05) is 43.2 Å². The van der Waals surface area contributed by atoms with Crippen LogP contribution >= 0.6 is 11.3 Å². The van der Waals surface area contributed by atoms with Gasteiger partial charge in [0.1, 0.15) is 0 Å². The van der Waals surface area contributed by atoms with Crippen LogP contribution in [0.15, 0.2) is 41.8 Å². The first-order valence-electron chi connectivity index (χ1n) is 11.6. The van der Waals surface area contributed by atoms with Gasteiger partial charge in [-0.2, -0.15) is 0 Å². The van der Waals surface area contributed by atoms with Crippen molar-refractivity contribution < 1.29 is 14.3 Å². The summed E-state index contributed by atoms with van der Waals surface area (Å²) >= 11 is 1.59. The van der Waals surface area contributed by atoms with Gasteiger partial charge in [0.2, 0.25) is 5.91 Å². The Hall–Kier alpha value is -2.22. The summed E-state index contributed by atoms with van der Waals surface area (Å²) in [6.45, 7) is 5.71. The Labute approximate surface area is 194 Å². The van der Waals surface area contributed by atoms with Crippen molar-refractivity contribution >= 4 is 23.2 Å². The van der Waals surface area contributed by atoms with Gasteiger partial charge < -0.3 is 15.0 Å². The normalized spacial score (nSPS) is 23.8. The fourth-order valence-electron chi connectivity index (χ4n) is 5.01. The zero-order valence-electron chi connectivity index (χ0n) is 19.0. The van der Waals surface area contributed by atoms with Gasteiger partial charge in [-0.05, 0) is 49.4 Å². The van der Waals surface area contributed by atoms with Crippen molar-refractivity contribution in [3.8, 4) is 0 Å². The van der Waals surface area contributed by atoms with Gasteiger partial charge in [-0.1, -0.05) is 30.7 Å². The highest BCUT2D eigenvalue weighted by molar-refractivity contribution is 7.10. The van der Waals surface area contributed by atoms with Crippen LogP contribution in [-0.2, 0) is 9.53 Å². The van der Waals surface area contributed by atoms with Crippen molar-refractivity contribution in [3.05, 3.63) is 57.8 Å². The number of likely N-dealkylation sites (tertiary alicyclic amines) is 1. The number of ether oxygens (including phenoxy) is 1. The van der Waals surface area contributed by atoms with Crippen LogP contribution in [0.4, 0.5) is 0 Å². The molecule has 3 atom stereocenters. The molecule has 3 heterocycles. The maximum atomic E-state index is 13.6. The zero-order chi connectivity index (χ0) is 22.5. The molecule has 6 nitrogen and oxygen atoms in total. The van der Waals surface area contributed by atoms with E-state index in [9.17, 15) is 9.59 Å². The van der Waals surface area contributed by atoms with E-state index in [-0.39, 0.29) is 17.9 Å². The lowest BCUT2D eigenvalue weighted by Crippen LogP contribution is -2.49. The summed E-state index contributed by atoms with van der Waals surface area (Å²) in [7, 11) is 1.63. The van der Waals surface area contributed by atoms with Crippen LogP contribution in [0.1, 0.15) is 58.9 Å². The number of piperidine rings is 1. The van der Waals surface area contributed by atoms with Crippen molar-refractivity contribution in [2.45, 2.75) is 44.2 Å². The van der Waals surface area contributed by atoms with Gasteiger partial charge in [0.25, 0.3) is 5.91 Å². The molecule has 172 valence electrons. The fourth-order valence-corrected chi connectivity index (χ4v) is 5.88. The summed E-state index contributed by atoms with van der Waals surface area (Å²) in [5.74, 6) is -0.504. The number of benzene rings is 1. The largest absolute Gasteiger partial charge is 0.383 e. The molecule has 2 amide bonds. The van der Waals surface area contributed by atoms with Crippen molar-refractivity contribution in [2.75, 3.05) is 39.9 Å². The van der Waals surface area contributed by atoms with Crippen molar-refractivity contribution in [3.63, 3.8) is 0 Å². The molecule has 1 N–H and O–H groups in total. The number of nitrogens with zero attached hydrogens (tertiary/aromatic N) is 2. The molecule has 2 aliphatic rings. The summed E-state index contributed by atoms with van der Waals surface area (Å²) in [4.78, 5) is 32.3. The molecule has 0 spiro atoms. The third-order valence-electron chi connectivity index (χ3n) is 6.73. The maximum Gasteiger partial charge on any atom is 0.254 e. The molecule has 1 fully saturated rings. The number of fused-ring (bicyclic) bond motifs is 1. The summed E-state index contributed by atoms with van der Waals surface area (Å²) in [6.07, 6.45) is 3.74. The first kappa shape index (κ1) is 23.0. The fraction of sp³-hybridized carbons (Fsp3) is 0.520. The second-order valence-corrected chi connectivity index (χ2v) is 9.67. The van der Waals surface area contributed by atoms with Gasteiger partial charge in [-0.25, -0.2) is 0 Å². The highest BCUT2D eigenvalue weighted by atomic mass is 32.1. The number of hydrogen-bond donors (Lipinski definition) is 1. The third-order valence-corrected chi connectivity index (χ3v) is 7.67. The molecule has 0 radical (unpaired) electrons. The Bertz CT molecular complexity index is 917. The SMILES string of the molecule is COCCN1C(=O)c2ccccc2[C@H](C(=O)NCCN2CCCC[C@H]2C)[C@H]1c1cccs1. The van der Waals surface area contributed by atoms with E-state index in [1.165, 1.54) is 19.3 Å². The van der Waals surface area contributed by atoms with Crippen LogP contribution in [0, 0.1) is 0 Å². The third kappa shape index (κ3) is 4.75. The monoisotopic (exact) mass is 455 g/mol. The molecule has 7 heteroatoms. The predicted molar refractivity (Wildman–Crippen MR) is 127 cm³/mol. The summed E-state index contributed by atoms with van der Waals surface area (Å²) in [6, 6.07) is 11.8. The molecule has 0 aliphatic carbocycles. The zero-order valence-corrected chi connectivity index (χ0v) is 19.8. The average molecular weight is 456 g/mol. The first-order valence-corrected chi connectivity index (χ1v) is 12.4. The number of hydrogen-bond acceptors (Lipinski definition) is 5. The van der Waals surface area contributed by atoms with E-state index in [4.69, 9.17) is 4.74 Å². The highest BCUT2D eigenvalue weighted by Gasteiger charge is 2.44. The van der Waals surface area contributed by atoms with Crippen molar-refractivity contribution in [1.82, 2.24) is 15.1 Å². The van der Waals surface area contributed by atoms with Gasteiger partial charge in [-0.15, -0.1) is 11.3 Å². The Balaban J connectivity index is 1.59. The molecule has 1 aromatic carbocycles. The van der Waals surface area contributed by atoms with Crippen LogP contribution in [0.5, 0.6) is 0 Å². The van der Waals surface area contributed by atoms with Crippen LogP contribution in [-0.4, -0.2) is 67.6 Å². The number of carbonyl (C=O) groups is 2. The van der Waals surface area contributed by atoms with Crippen LogP contribution < -0.4 is 5.32 Å². The lowest BCUT2D eigenvalue weighted by Gasteiger charge is -2.41. The molecular formula is C25H33N3O3S.